The standard InChI is InChI=1S/C23H30N4O4/c1-15-12-27(16(2)14-28)23(30)19-11-18(25-22(29)17-7-9-24-10-8-17)5-6-20(19)31-21(15)13-26(3)4/h5-11,15-16,21,28H,12-14H2,1-4H3,(H,25,29)/t15-,16-,21-/m1/s1. The lowest BCUT2D eigenvalue weighted by atomic mass is 9.99. The minimum Gasteiger partial charge on any atom is -0.488 e. The number of carbonyl (C=O) groups excluding carboxylic acids is 2. The van der Waals surface area contributed by atoms with E-state index in [0.29, 0.717) is 35.7 Å². The van der Waals surface area contributed by atoms with Crippen molar-refractivity contribution in [1.29, 1.82) is 0 Å². The van der Waals surface area contributed by atoms with Gasteiger partial charge in [-0.1, -0.05) is 6.92 Å². The molecule has 1 aromatic heterocycles. The Bertz CT molecular complexity index is 919. The molecule has 0 saturated heterocycles. The van der Waals surface area contributed by atoms with Crippen LogP contribution in [0.4, 0.5) is 5.69 Å². The van der Waals surface area contributed by atoms with Crippen LogP contribution in [0, 0.1) is 5.92 Å². The van der Waals surface area contributed by atoms with E-state index in [2.05, 4.69) is 10.3 Å². The molecule has 31 heavy (non-hydrogen) atoms. The molecule has 3 rings (SSSR count). The average Bonchev–Trinajstić information content (AvgIpc) is 2.76. The molecular formula is C23H30N4O4. The fourth-order valence-corrected chi connectivity index (χ4v) is 3.58. The van der Waals surface area contributed by atoms with Crippen molar-refractivity contribution >= 4 is 17.5 Å². The number of hydrogen-bond donors (Lipinski definition) is 2. The summed E-state index contributed by atoms with van der Waals surface area (Å²) in [4.78, 5) is 33.5. The number of ether oxygens (including phenoxy) is 1. The zero-order valence-corrected chi connectivity index (χ0v) is 18.4. The van der Waals surface area contributed by atoms with Crippen molar-refractivity contribution in [2.24, 2.45) is 5.92 Å². The van der Waals surface area contributed by atoms with E-state index in [1.54, 1.807) is 47.6 Å². The van der Waals surface area contributed by atoms with Crippen LogP contribution in [0.15, 0.2) is 42.7 Å². The molecule has 0 aliphatic carbocycles. The van der Waals surface area contributed by atoms with Crippen molar-refractivity contribution in [3.8, 4) is 5.75 Å². The minimum atomic E-state index is -0.337. The Hall–Kier alpha value is -2.97. The third-order valence-corrected chi connectivity index (χ3v) is 5.41. The van der Waals surface area contributed by atoms with E-state index in [9.17, 15) is 14.7 Å². The highest BCUT2D eigenvalue weighted by atomic mass is 16.5. The molecule has 8 heteroatoms. The van der Waals surface area contributed by atoms with E-state index in [0.717, 1.165) is 0 Å². The first-order valence-corrected chi connectivity index (χ1v) is 10.4. The van der Waals surface area contributed by atoms with Gasteiger partial charge in [-0.05, 0) is 51.4 Å². The Morgan fingerprint density at radius 3 is 2.68 bits per heavy atom. The maximum atomic E-state index is 13.4. The number of likely N-dealkylation sites (N-methyl/N-ethyl adjacent to an activating group) is 1. The topological polar surface area (TPSA) is 95.0 Å². The first-order chi connectivity index (χ1) is 14.8. The second kappa shape index (κ2) is 9.89. The zero-order valence-electron chi connectivity index (χ0n) is 18.4. The molecule has 2 heterocycles. The highest BCUT2D eigenvalue weighted by Crippen LogP contribution is 2.30. The summed E-state index contributed by atoms with van der Waals surface area (Å²) in [7, 11) is 3.96. The number of carbonyl (C=O) groups is 2. The number of aliphatic hydroxyl groups is 1. The molecule has 1 aliphatic rings. The monoisotopic (exact) mass is 426 g/mol. The zero-order chi connectivity index (χ0) is 22.5. The molecule has 0 unspecified atom stereocenters. The van der Waals surface area contributed by atoms with Gasteiger partial charge in [0.15, 0.2) is 0 Å². The Morgan fingerprint density at radius 1 is 1.32 bits per heavy atom. The smallest absolute Gasteiger partial charge is 0.258 e. The van der Waals surface area contributed by atoms with Crippen molar-refractivity contribution in [2.45, 2.75) is 26.0 Å². The van der Waals surface area contributed by atoms with Gasteiger partial charge >= 0.3 is 0 Å². The van der Waals surface area contributed by atoms with E-state index >= 15 is 0 Å². The van der Waals surface area contributed by atoms with E-state index in [-0.39, 0.29) is 36.5 Å². The normalized spacial score (nSPS) is 19.8. The Morgan fingerprint density at radius 2 is 2.03 bits per heavy atom. The van der Waals surface area contributed by atoms with Gasteiger partial charge in [-0.3, -0.25) is 14.6 Å². The molecule has 0 bridgehead atoms. The summed E-state index contributed by atoms with van der Waals surface area (Å²) in [5, 5.41) is 12.5. The van der Waals surface area contributed by atoms with Crippen LogP contribution >= 0.6 is 0 Å². The molecule has 0 radical (unpaired) electrons. The van der Waals surface area contributed by atoms with E-state index in [1.807, 2.05) is 32.8 Å². The molecule has 1 aromatic carbocycles. The summed E-state index contributed by atoms with van der Waals surface area (Å²) in [5.74, 6) is 0.0213. The van der Waals surface area contributed by atoms with Gasteiger partial charge in [0, 0.05) is 42.7 Å². The molecule has 3 atom stereocenters. The third-order valence-electron chi connectivity index (χ3n) is 5.41. The molecule has 8 nitrogen and oxygen atoms in total. The number of fused-ring (bicyclic) bond motifs is 1. The van der Waals surface area contributed by atoms with Crippen LogP contribution in [0.3, 0.4) is 0 Å². The summed E-state index contributed by atoms with van der Waals surface area (Å²) >= 11 is 0. The molecule has 0 spiro atoms. The Kier molecular flexibility index (Phi) is 7.25. The van der Waals surface area contributed by atoms with Gasteiger partial charge in [-0.25, -0.2) is 0 Å². The predicted molar refractivity (Wildman–Crippen MR) is 118 cm³/mol. The largest absolute Gasteiger partial charge is 0.488 e. The fraction of sp³-hybridized carbons (Fsp3) is 0.435. The van der Waals surface area contributed by atoms with Gasteiger partial charge < -0.3 is 25.0 Å². The predicted octanol–water partition coefficient (Wildman–Crippen LogP) is 2.12. The number of aromatic nitrogens is 1. The van der Waals surface area contributed by atoms with Crippen molar-refractivity contribution in [3.63, 3.8) is 0 Å². The average molecular weight is 427 g/mol. The molecular weight excluding hydrogens is 396 g/mol. The molecule has 2 N–H and O–H groups in total. The second-order valence-corrected chi connectivity index (χ2v) is 8.29. The lowest BCUT2D eigenvalue weighted by Gasteiger charge is -2.37. The molecule has 166 valence electrons. The van der Waals surface area contributed by atoms with Crippen LogP contribution in [0.25, 0.3) is 0 Å². The van der Waals surface area contributed by atoms with Gasteiger partial charge in [0.1, 0.15) is 11.9 Å². The Labute approximate surface area is 182 Å². The molecule has 2 amide bonds. The summed E-state index contributed by atoms with van der Waals surface area (Å²) in [6.45, 7) is 4.89. The first kappa shape index (κ1) is 22.7. The number of aliphatic hydroxyl groups excluding tert-OH is 1. The van der Waals surface area contributed by atoms with Crippen molar-refractivity contribution < 1.29 is 19.4 Å². The van der Waals surface area contributed by atoms with Crippen LogP contribution in [0.2, 0.25) is 0 Å². The number of nitrogens with zero attached hydrogens (tertiary/aromatic N) is 3. The maximum absolute atomic E-state index is 13.4. The summed E-state index contributed by atoms with van der Waals surface area (Å²) in [6, 6.07) is 7.99. The highest BCUT2D eigenvalue weighted by Gasteiger charge is 2.33. The van der Waals surface area contributed by atoms with Gasteiger partial charge in [0.2, 0.25) is 0 Å². The van der Waals surface area contributed by atoms with E-state index in [1.165, 1.54) is 0 Å². The number of anilines is 1. The number of pyridine rings is 1. The van der Waals surface area contributed by atoms with E-state index in [4.69, 9.17) is 4.74 Å². The van der Waals surface area contributed by atoms with Crippen LogP contribution in [-0.4, -0.2) is 77.6 Å². The number of benzene rings is 1. The molecule has 0 fully saturated rings. The third kappa shape index (κ3) is 5.39. The summed E-state index contributed by atoms with van der Waals surface area (Å²) in [6.07, 6.45) is 2.97. The van der Waals surface area contributed by atoms with Crippen molar-refractivity contribution in [1.82, 2.24) is 14.8 Å². The Balaban J connectivity index is 1.95. The second-order valence-electron chi connectivity index (χ2n) is 8.29. The van der Waals surface area contributed by atoms with Gasteiger partial charge in [-0.2, -0.15) is 0 Å². The van der Waals surface area contributed by atoms with Crippen LogP contribution < -0.4 is 10.1 Å². The fourth-order valence-electron chi connectivity index (χ4n) is 3.58. The van der Waals surface area contributed by atoms with Crippen molar-refractivity contribution in [3.05, 3.63) is 53.9 Å². The van der Waals surface area contributed by atoms with Crippen LogP contribution in [0.1, 0.15) is 34.6 Å². The lowest BCUT2D eigenvalue weighted by molar-refractivity contribution is 0.0363. The summed E-state index contributed by atoms with van der Waals surface area (Å²) in [5.41, 5.74) is 1.33. The number of hydrogen-bond acceptors (Lipinski definition) is 6. The minimum absolute atomic E-state index is 0.0690. The molecule has 2 aromatic rings. The summed E-state index contributed by atoms with van der Waals surface area (Å²) < 4.78 is 6.26. The number of rotatable bonds is 6. The lowest BCUT2D eigenvalue weighted by Crippen LogP contribution is -2.49. The van der Waals surface area contributed by atoms with Gasteiger partial charge in [0.05, 0.1) is 18.2 Å². The molecule has 1 aliphatic heterocycles. The van der Waals surface area contributed by atoms with E-state index < -0.39 is 0 Å². The highest BCUT2D eigenvalue weighted by molar-refractivity contribution is 6.05. The van der Waals surface area contributed by atoms with Gasteiger partial charge in [0.25, 0.3) is 11.8 Å². The first-order valence-electron chi connectivity index (χ1n) is 10.4. The van der Waals surface area contributed by atoms with Crippen molar-refractivity contribution in [2.75, 3.05) is 39.1 Å². The number of nitrogens with one attached hydrogen (secondary N) is 1. The quantitative estimate of drug-likeness (QED) is 0.735. The maximum Gasteiger partial charge on any atom is 0.258 e. The number of amides is 2. The SMILES string of the molecule is C[C@@H]1CN([C@H](C)CO)C(=O)c2cc(NC(=O)c3ccncc3)ccc2O[C@@H]1CN(C)C. The van der Waals surface area contributed by atoms with Crippen LogP contribution in [-0.2, 0) is 0 Å². The molecule has 0 saturated carbocycles. The van der Waals surface area contributed by atoms with Gasteiger partial charge in [-0.15, -0.1) is 0 Å². The van der Waals surface area contributed by atoms with Crippen LogP contribution in [0.5, 0.6) is 5.75 Å².